The molecule has 0 saturated carbocycles. The number of hydrogen-bond acceptors (Lipinski definition) is 6. The smallest absolute Gasteiger partial charge is 0.462 e. The van der Waals surface area contributed by atoms with Gasteiger partial charge in [0.2, 0.25) is 0 Å². The number of hydrogen-bond donors (Lipinski definition) is 2. The fourth-order valence-electron chi connectivity index (χ4n) is 4.57. The van der Waals surface area contributed by atoms with Crippen LogP contribution in [0.3, 0.4) is 0 Å². The van der Waals surface area contributed by atoms with Crippen molar-refractivity contribution >= 4 is 19.8 Å². The number of phosphoric acid groups is 1. The minimum absolute atomic E-state index is 0.110. The topological polar surface area (TPSA) is 119 Å². The molecule has 0 heterocycles. The second-order valence-electron chi connectivity index (χ2n) is 12.5. The molecule has 0 aromatic rings. The highest BCUT2D eigenvalue weighted by Gasteiger charge is 2.22. The van der Waals surface area contributed by atoms with E-state index in [-0.39, 0.29) is 19.4 Å². The Kier molecular flexibility index (Phi) is 36.6. The third kappa shape index (κ3) is 41.2. The average molecular weight is 769 g/mol. The van der Waals surface area contributed by atoms with Gasteiger partial charge in [0, 0.05) is 12.8 Å². The Balaban J connectivity index is 4.21. The fourth-order valence-corrected chi connectivity index (χ4v) is 4.93. The van der Waals surface area contributed by atoms with Gasteiger partial charge in [-0.05, 0) is 89.9 Å². The molecule has 0 aromatic carbocycles. The molecule has 8 nitrogen and oxygen atoms in total. The molecule has 1 atom stereocenters. The molecule has 0 unspecified atom stereocenters. The van der Waals surface area contributed by atoms with Crippen LogP contribution >= 0.6 is 7.82 Å². The normalized spacial score (nSPS) is 13.8. The van der Waals surface area contributed by atoms with Gasteiger partial charge in [-0.2, -0.15) is 0 Å². The highest BCUT2D eigenvalue weighted by atomic mass is 31.2. The standard InChI is InChI=1S/C45H69O8P/c1-3-5-7-9-11-13-15-17-19-21-22-24-25-27-29-31-33-35-37-39-44(46)51-41-43(42-52-54(48,49)50)53-45(47)40-38-36-34-32-30-28-26-23-20-18-16-14-12-10-8-6-4-2/h6,8,11-14,17-20,22,24,26-29,32-35,43H,3-5,7,9-10,15-16,21,23,25,30-31,36-42H2,1-2H3,(H2,48,49,50)/b8-6+,13-11+,14-12+,19-17+,20-18+,24-22+,28-26+,29-27+,34-32+,35-33+/t43-/m1/s1. The summed E-state index contributed by atoms with van der Waals surface area (Å²) in [6, 6.07) is 0. The van der Waals surface area contributed by atoms with Gasteiger partial charge in [-0.1, -0.05) is 148 Å². The van der Waals surface area contributed by atoms with Gasteiger partial charge in [-0.3, -0.25) is 14.1 Å². The molecule has 2 N–H and O–H groups in total. The molecule has 0 radical (unpaired) electrons. The van der Waals surface area contributed by atoms with E-state index < -0.39 is 32.5 Å². The van der Waals surface area contributed by atoms with Crippen LogP contribution in [0.25, 0.3) is 0 Å². The van der Waals surface area contributed by atoms with Gasteiger partial charge in [0.15, 0.2) is 6.10 Å². The first-order chi connectivity index (χ1) is 26.3. The molecule has 0 fully saturated rings. The lowest BCUT2D eigenvalue weighted by atomic mass is 10.2. The maximum atomic E-state index is 12.4. The summed E-state index contributed by atoms with van der Waals surface area (Å²) in [5.74, 6) is -1.06. The number of carbonyl (C=O) groups is 2. The third-order valence-electron chi connectivity index (χ3n) is 7.48. The van der Waals surface area contributed by atoms with Crippen molar-refractivity contribution in [1.82, 2.24) is 0 Å². The summed E-state index contributed by atoms with van der Waals surface area (Å²) in [5.41, 5.74) is 0. The first-order valence-corrected chi connectivity index (χ1v) is 21.4. The molecule has 0 saturated heterocycles. The van der Waals surface area contributed by atoms with Crippen molar-refractivity contribution < 1.29 is 37.9 Å². The van der Waals surface area contributed by atoms with Gasteiger partial charge in [0.1, 0.15) is 6.61 Å². The zero-order valence-corrected chi connectivity index (χ0v) is 34.0. The van der Waals surface area contributed by atoms with Gasteiger partial charge in [-0.25, -0.2) is 4.57 Å². The average Bonchev–Trinajstić information content (AvgIpc) is 3.14. The van der Waals surface area contributed by atoms with Crippen molar-refractivity contribution in [3.8, 4) is 0 Å². The van der Waals surface area contributed by atoms with E-state index in [1.165, 1.54) is 25.7 Å². The lowest BCUT2D eigenvalue weighted by Gasteiger charge is -2.18. The van der Waals surface area contributed by atoms with Crippen molar-refractivity contribution in [2.45, 2.75) is 136 Å². The van der Waals surface area contributed by atoms with Gasteiger partial charge in [0.05, 0.1) is 6.61 Å². The first kappa shape index (κ1) is 50.5. The van der Waals surface area contributed by atoms with Crippen LogP contribution in [0.2, 0.25) is 0 Å². The van der Waals surface area contributed by atoms with Crippen molar-refractivity contribution in [3.63, 3.8) is 0 Å². The van der Waals surface area contributed by atoms with E-state index in [0.717, 1.165) is 57.8 Å². The Morgan fingerprint density at radius 3 is 1.33 bits per heavy atom. The second-order valence-corrected chi connectivity index (χ2v) is 13.8. The van der Waals surface area contributed by atoms with Crippen LogP contribution in [0, 0.1) is 0 Å². The highest BCUT2D eigenvalue weighted by molar-refractivity contribution is 7.46. The summed E-state index contributed by atoms with van der Waals surface area (Å²) in [6.45, 7) is 3.40. The Bertz CT molecular complexity index is 1280. The SMILES string of the molecule is CC/C=C/C/C=C/C/C=C/C/C=C/C/C=C/CCCC(=O)O[C@H](COC(=O)CC/C=C/C/C=C/C/C=C/C/C=C/C/C=C/CCCCC)COP(=O)(O)O. The zero-order chi connectivity index (χ0) is 39.6. The maximum absolute atomic E-state index is 12.4. The largest absolute Gasteiger partial charge is 0.469 e. The van der Waals surface area contributed by atoms with E-state index in [1.807, 2.05) is 24.3 Å². The van der Waals surface area contributed by atoms with Crippen molar-refractivity contribution in [3.05, 3.63) is 122 Å². The molecule has 0 aliphatic carbocycles. The van der Waals surface area contributed by atoms with Gasteiger partial charge >= 0.3 is 19.8 Å². The Morgan fingerprint density at radius 1 is 0.500 bits per heavy atom. The zero-order valence-electron chi connectivity index (χ0n) is 33.1. The molecule has 302 valence electrons. The summed E-state index contributed by atoms with van der Waals surface area (Å²) in [6.07, 6.45) is 56.5. The van der Waals surface area contributed by atoms with Gasteiger partial charge < -0.3 is 19.3 Å². The number of carbonyl (C=O) groups excluding carboxylic acids is 2. The lowest BCUT2D eigenvalue weighted by molar-refractivity contribution is -0.161. The lowest BCUT2D eigenvalue weighted by Crippen LogP contribution is -2.29. The summed E-state index contributed by atoms with van der Waals surface area (Å²) in [5, 5.41) is 0. The first-order valence-electron chi connectivity index (χ1n) is 19.8. The predicted molar refractivity (Wildman–Crippen MR) is 225 cm³/mol. The molecule has 0 aromatic heterocycles. The highest BCUT2D eigenvalue weighted by Crippen LogP contribution is 2.35. The monoisotopic (exact) mass is 768 g/mol. The van der Waals surface area contributed by atoms with E-state index in [4.69, 9.17) is 19.3 Å². The van der Waals surface area contributed by atoms with Gasteiger partial charge in [0.25, 0.3) is 0 Å². The molecule has 0 spiro atoms. The predicted octanol–water partition coefficient (Wildman–Crippen LogP) is 12.2. The quantitative estimate of drug-likeness (QED) is 0.0287. The molecule has 0 bridgehead atoms. The number of ether oxygens (including phenoxy) is 2. The van der Waals surface area contributed by atoms with E-state index in [2.05, 4.69) is 116 Å². The molecular formula is C45H69O8P. The van der Waals surface area contributed by atoms with Crippen LogP contribution < -0.4 is 0 Å². The van der Waals surface area contributed by atoms with E-state index in [0.29, 0.717) is 19.3 Å². The number of phosphoric ester groups is 1. The molecule has 54 heavy (non-hydrogen) atoms. The summed E-state index contributed by atoms with van der Waals surface area (Å²) >= 11 is 0. The van der Waals surface area contributed by atoms with E-state index in [9.17, 15) is 14.2 Å². The summed E-state index contributed by atoms with van der Waals surface area (Å²) in [4.78, 5) is 42.7. The van der Waals surface area contributed by atoms with E-state index in [1.54, 1.807) is 0 Å². The number of unbranched alkanes of at least 4 members (excludes halogenated alkanes) is 4. The van der Waals surface area contributed by atoms with E-state index >= 15 is 0 Å². The van der Waals surface area contributed by atoms with Crippen molar-refractivity contribution in [2.24, 2.45) is 0 Å². The minimum Gasteiger partial charge on any atom is -0.462 e. The number of rotatable bonds is 34. The fraction of sp³-hybridized carbons (Fsp3) is 0.511. The van der Waals surface area contributed by atoms with Crippen molar-refractivity contribution in [1.29, 1.82) is 0 Å². The molecule has 0 aliphatic heterocycles. The third-order valence-corrected chi connectivity index (χ3v) is 7.96. The Morgan fingerprint density at radius 2 is 0.907 bits per heavy atom. The molecule has 0 aliphatic rings. The van der Waals surface area contributed by atoms with Crippen LogP contribution in [0.4, 0.5) is 0 Å². The molecule has 0 rings (SSSR count). The Hall–Kier alpha value is -3.55. The number of esters is 2. The van der Waals surface area contributed by atoms with Crippen LogP contribution in [0.1, 0.15) is 129 Å². The minimum atomic E-state index is -4.79. The van der Waals surface area contributed by atoms with Crippen LogP contribution in [0.5, 0.6) is 0 Å². The Labute approximate surface area is 327 Å². The summed E-state index contributed by atoms with van der Waals surface area (Å²) in [7, 11) is -4.79. The van der Waals surface area contributed by atoms with Gasteiger partial charge in [-0.15, -0.1) is 0 Å². The van der Waals surface area contributed by atoms with Crippen LogP contribution in [-0.4, -0.2) is 41.0 Å². The van der Waals surface area contributed by atoms with Crippen molar-refractivity contribution in [2.75, 3.05) is 13.2 Å². The molecule has 9 heteroatoms. The maximum Gasteiger partial charge on any atom is 0.469 e. The second kappa shape index (κ2) is 39.2. The molecule has 0 amide bonds. The summed E-state index contributed by atoms with van der Waals surface area (Å²) < 4.78 is 26.2. The number of allylic oxidation sites excluding steroid dienone is 20. The van der Waals surface area contributed by atoms with Crippen LogP contribution in [0.15, 0.2) is 122 Å². The van der Waals surface area contributed by atoms with Crippen LogP contribution in [-0.2, 0) is 28.2 Å². The molecular weight excluding hydrogens is 699 g/mol.